The first kappa shape index (κ1) is 10.6. The zero-order valence-electron chi connectivity index (χ0n) is 9.49. The Morgan fingerprint density at radius 1 is 1.39 bits per heavy atom. The molecule has 7 nitrogen and oxygen atoms in total. The van der Waals surface area contributed by atoms with Crippen LogP contribution in [0.1, 0.15) is 17.2 Å². The standard InChI is InChI=1S/C11H9N5O2/c1-6-2-3-12-7(4-6)8-9(17)15-11-13-5-14-16(11)10(8)18/h2-5,8H,1H3,(H,13,14,15,17). The lowest BCUT2D eigenvalue weighted by atomic mass is 10.0. The fraction of sp³-hybridized carbons (Fsp3) is 0.182. The highest BCUT2D eigenvalue weighted by Crippen LogP contribution is 2.23. The number of guanidine groups is 1. The van der Waals surface area contributed by atoms with Gasteiger partial charge in [-0.3, -0.25) is 20.0 Å². The molecule has 18 heavy (non-hydrogen) atoms. The average Bonchev–Trinajstić information content (AvgIpc) is 2.77. The van der Waals surface area contributed by atoms with Gasteiger partial charge in [0.25, 0.3) is 17.8 Å². The fourth-order valence-electron chi connectivity index (χ4n) is 1.87. The van der Waals surface area contributed by atoms with Crippen molar-refractivity contribution in [2.24, 2.45) is 9.98 Å². The van der Waals surface area contributed by atoms with Crippen LogP contribution >= 0.6 is 0 Å². The van der Waals surface area contributed by atoms with Crippen molar-refractivity contribution in [2.45, 2.75) is 12.8 Å². The van der Waals surface area contributed by atoms with E-state index in [9.17, 15) is 9.59 Å². The number of hydrogen-bond acceptors (Lipinski definition) is 5. The third-order valence-corrected chi connectivity index (χ3v) is 2.72. The van der Waals surface area contributed by atoms with Crippen LogP contribution in [0.25, 0.3) is 0 Å². The molecule has 1 aromatic heterocycles. The third kappa shape index (κ3) is 1.48. The first-order chi connectivity index (χ1) is 8.66. The number of nitrogens with one attached hydrogen (secondary N) is 1. The summed E-state index contributed by atoms with van der Waals surface area (Å²) in [6, 6.07) is 3.51. The molecule has 0 fully saturated rings. The van der Waals surface area contributed by atoms with E-state index in [2.05, 4.69) is 20.4 Å². The van der Waals surface area contributed by atoms with Crippen molar-refractivity contribution in [3.8, 4) is 0 Å². The van der Waals surface area contributed by atoms with Crippen molar-refractivity contribution >= 4 is 24.1 Å². The molecule has 0 radical (unpaired) electrons. The molecule has 0 spiro atoms. The quantitative estimate of drug-likeness (QED) is 0.689. The highest BCUT2D eigenvalue weighted by atomic mass is 16.2. The first-order valence-corrected chi connectivity index (χ1v) is 5.34. The molecule has 2 aliphatic rings. The van der Waals surface area contributed by atoms with Gasteiger partial charge in [-0.25, -0.2) is 4.99 Å². The van der Waals surface area contributed by atoms with Gasteiger partial charge in [-0.15, -0.1) is 0 Å². The summed E-state index contributed by atoms with van der Waals surface area (Å²) in [5, 5.41) is 1.15. The molecule has 0 aliphatic carbocycles. The number of rotatable bonds is 1. The molecule has 0 saturated heterocycles. The molecular formula is C11H9N5O2. The lowest BCUT2D eigenvalue weighted by Gasteiger charge is -2.24. The largest absolute Gasteiger partial charge is 0.278 e. The molecule has 1 aromatic rings. The van der Waals surface area contributed by atoms with E-state index in [1.807, 2.05) is 6.92 Å². The van der Waals surface area contributed by atoms with E-state index in [0.717, 1.165) is 10.6 Å². The van der Waals surface area contributed by atoms with Crippen LogP contribution in [0.3, 0.4) is 0 Å². The average molecular weight is 243 g/mol. The monoisotopic (exact) mass is 243 g/mol. The lowest BCUT2D eigenvalue weighted by molar-refractivity contribution is -0.136. The van der Waals surface area contributed by atoms with Crippen LogP contribution < -0.4 is 5.43 Å². The van der Waals surface area contributed by atoms with E-state index < -0.39 is 17.7 Å². The number of carbonyl (C=O) groups excluding carboxylic acids is 2. The number of aliphatic imine (C=N–C) groups is 2. The van der Waals surface area contributed by atoms with Gasteiger partial charge >= 0.3 is 0 Å². The molecule has 1 unspecified atom stereocenters. The predicted octanol–water partition coefficient (Wildman–Crippen LogP) is -0.255. The van der Waals surface area contributed by atoms with Gasteiger partial charge in [0.2, 0.25) is 0 Å². The number of fused-ring (bicyclic) bond motifs is 1. The molecule has 3 rings (SSSR count). The molecule has 3 heterocycles. The van der Waals surface area contributed by atoms with Crippen molar-refractivity contribution in [3.63, 3.8) is 0 Å². The highest BCUT2D eigenvalue weighted by Gasteiger charge is 2.41. The maximum atomic E-state index is 12.2. The summed E-state index contributed by atoms with van der Waals surface area (Å²) in [5.74, 6) is -1.87. The van der Waals surface area contributed by atoms with Crippen molar-refractivity contribution in [2.75, 3.05) is 0 Å². The van der Waals surface area contributed by atoms with Crippen LogP contribution in [0, 0.1) is 6.92 Å². The van der Waals surface area contributed by atoms with Crippen LogP contribution in [0.15, 0.2) is 28.3 Å². The highest BCUT2D eigenvalue weighted by molar-refractivity contribution is 6.20. The minimum Gasteiger partial charge on any atom is -0.278 e. The summed E-state index contributed by atoms with van der Waals surface area (Å²) in [7, 11) is 0. The van der Waals surface area contributed by atoms with Gasteiger partial charge in [0.1, 0.15) is 6.34 Å². The minimum atomic E-state index is -0.997. The van der Waals surface area contributed by atoms with Gasteiger partial charge in [-0.1, -0.05) is 0 Å². The van der Waals surface area contributed by atoms with Crippen LogP contribution in [-0.4, -0.2) is 34.1 Å². The maximum absolute atomic E-state index is 12.2. The van der Waals surface area contributed by atoms with E-state index in [4.69, 9.17) is 0 Å². The summed E-state index contributed by atoms with van der Waals surface area (Å²) < 4.78 is 0. The summed E-state index contributed by atoms with van der Waals surface area (Å²) in [5.41, 5.74) is 3.96. The van der Waals surface area contributed by atoms with E-state index in [-0.39, 0.29) is 5.96 Å². The van der Waals surface area contributed by atoms with Gasteiger partial charge in [-0.05, 0) is 24.6 Å². The first-order valence-electron chi connectivity index (χ1n) is 5.34. The van der Waals surface area contributed by atoms with Crippen LogP contribution in [-0.2, 0) is 9.59 Å². The van der Waals surface area contributed by atoms with Gasteiger partial charge in [0.15, 0.2) is 5.92 Å². The topological polar surface area (TPSA) is 87.0 Å². The zero-order valence-corrected chi connectivity index (χ0v) is 9.49. The fourth-order valence-corrected chi connectivity index (χ4v) is 1.87. The summed E-state index contributed by atoms with van der Waals surface area (Å²) in [6.45, 7) is 1.87. The van der Waals surface area contributed by atoms with Gasteiger partial charge in [0, 0.05) is 6.20 Å². The summed E-state index contributed by atoms with van der Waals surface area (Å²) in [6.07, 6.45) is 2.88. The molecule has 2 aliphatic heterocycles. The van der Waals surface area contributed by atoms with Crippen LogP contribution in [0.4, 0.5) is 0 Å². The smallest absolute Gasteiger partial charge is 0.267 e. The second kappa shape index (κ2) is 3.73. The second-order valence-electron chi connectivity index (χ2n) is 4.00. The molecular weight excluding hydrogens is 234 g/mol. The number of hydrogen-bond donors (Lipinski definition) is 1. The molecule has 1 atom stereocenters. The molecule has 90 valence electrons. The van der Waals surface area contributed by atoms with E-state index in [1.54, 1.807) is 18.3 Å². The normalized spacial score (nSPS) is 21.7. The van der Waals surface area contributed by atoms with E-state index in [0.29, 0.717) is 5.69 Å². The number of amides is 2. The number of carbonyl (C=O) groups is 2. The Labute approximate surface area is 102 Å². The Balaban J connectivity index is 2.04. The Morgan fingerprint density at radius 3 is 3.00 bits per heavy atom. The molecule has 7 heteroatoms. The van der Waals surface area contributed by atoms with Crippen LogP contribution in [0.2, 0.25) is 0 Å². The number of aryl methyl sites for hydroxylation is 1. The molecule has 0 bridgehead atoms. The van der Waals surface area contributed by atoms with E-state index >= 15 is 0 Å². The Morgan fingerprint density at radius 2 is 2.22 bits per heavy atom. The predicted molar refractivity (Wildman–Crippen MR) is 62.6 cm³/mol. The lowest BCUT2D eigenvalue weighted by Crippen LogP contribution is -2.49. The second-order valence-corrected chi connectivity index (χ2v) is 4.00. The molecule has 2 amide bonds. The Hall–Kier alpha value is -2.57. The minimum absolute atomic E-state index is 0.0777. The Bertz CT molecular complexity index is 607. The van der Waals surface area contributed by atoms with Gasteiger partial charge in [0.05, 0.1) is 5.69 Å². The van der Waals surface area contributed by atoms with Crippen molar-refractivity contribution in [1.82, 2.24) is 15.4 Å². The molecule has 0 saturated carbocycles. The molecule has 1 N–H and O–H groups in total. The van der Waals surface area contributed by atoms with Gasteiger partial charge < -0.3 is 0 Å². The van der Waals surface area contributed by atoms with E-state index in [1.165, 1.54) is 6.34 Å². The number of hydrazine groups is 1. The summed E-state index contributed by atoms with van der Waals surface area (Å²) in [4.78, 5) is 35.7. The number of pyridine rings is 1. The third-order valence-electron chi connectivity index (χ3n) is 2.72. The SMILES string of the molecule is Cc1ccnc(C2C(=O)N=C3N=CNN3C2=O)c1. The van der Waals surface area contributed by atoms with Crippen LogP contribution in [0.5, 0.6) is 0 Å². The summed E-state index contributed by atoms with van der Waals surface area (Å²) >= 11 is 0. The molecule has 0 aromatic carbocycles. The van der Waals surface area contributed by atoms with Crippen molar-refractivity contribution in [1.29, 1.82) is 0 Å². The number of aromatic nitrogens is 1. The zero-order chi connectivity index (χ0) is 12.7. The van der Waals surface area contributed by atoms with Crippen molar-refractivity contribution in [3.05, 3.63) is 29.6 Å². The number of nitrogens with zero attached hydrogens (tertiary/aromatic N) is 4. The van der Waals surface area contributed by atoms with Gasteiger partial charge in [-0.2, -0.15) is 10.0 Å². The Kier molecular flexibility index (Phi) is 2.19. The maximum Gasteiger partial charge on any atom is 0.267 e. The van der Waals surface area contributed by atoms with Crippen molar-refractivity contribution < 1.29 is 9.59 Å².